The Balaban J connectivity index is 1.87. The molecule has 0 saturated heterocycles. The lowest BCUT2D eigenvalue weighted by molar-refractivity contribution is 0.0690. The summed E-state index contributed by atoms with van der Waals surface area (Å²) >= 11 is 0. The van der Waals surface area contributed by atoms with Crippen molar-refractivity contribution in [3.8, 4) is 5.75 Å². The van der Waals surface area contributed by atoms with Crippen molar-refractivity contribution in [2.45, 2.75) is 44.6 Å². The van der Waals surface area contributed by atoms with E-state index < -0.39 is 5.54 Å². The van der Waals surface area contributed by atoms with Gasteiger partial charge in [0.1, 0.15) is 12.4 Å². The Labute approximate surface area is 144 Å². The maximum absolute atomic E-state index is 9.49. The van der Waals surface area contributed by atoms with Crippen LogP contribution < -0.4 is 10.5 Å². The molecule has 0 amide bonds. The number of fused-ring (bicyclic) bond motifs is 1. The highest BCUT2D eigenvalue weighted by Gasteiger charge is 2.36. The number of hydrogen-bond acceptors (Lipinski definition) is 5. The minimum atomic E-state index is -0.900. The average Bonchev–Trinajstić information content (AvgIpc) is 2.63. The normalized spacial score (nSPS) is 17.6. The Morgan fingerprint density at radius 2 is 1.96 bits per heavy atom. The molecule has 0 radical (unpaired) electrons. The van der Waals surface area contributed by atoms with Crippen LogP contribution in [0.4, 0.5) is 0 Å². The SMILES string of the molecule is CCCCOCCOc1ccc2c(c1)CC[C@@H](C(N)(CO)CO)C2. The van der Waals surface area contributed by atoms with E-state index in [2.05, 4.69) is 19.1 Å². The Morgan fingerprint density at radius 1 is 1.17 bits per heavy atom. The van der Waals surface area contributed by atoms with Gasteiger partial charge in [0.15, 0.2) is 0 Å². The van der Waals surface area contributed by atoms with E-state index in [0.717, 1.165) is 44.5 Å². The molecule has 0 fully saturated rings. The zero-order chi connectivity index (χ0) is 17.4. The highest BCUT2D eigenvalue weighted by atomic mass is 16.5. The molecule has 5 nitrogen and oxygen atoms in total. The van der Waals surface area contributed by atoms with Gasteiger partial charge in [0.2, 0.25) is 0 Å². The summed E-state index contributed by atoms with van der Waals surface area (Å²) in [6.45, 7) is 3.73. The fourth-order valence-electron chi connectivity index (χ4n) is 3.19. The lowest BCUT2D eigenvalue weighted by Crippen LogP contribution is -2.55. The first-order chi connectivity index (χ1) is 11.6. The number of rotatable bonds is 10. The molecule has 1 aromatic carbocycles. The Hall–Kier alpha value is -1.14. The third-order valence-electron chi connectivity index (χ3n) is 4.95. The van der Waals surface area contributed by atoms with Crippen molar-refractivity contribution in [2.75, 3.05) is 33.0 Å². The maximum atomic E-state index is 9.49. The second kappa shape index (κ2) is 9.37. The first kappa shape index (κ1) is 19.2. The molecule has 136 valence electrons. The summed E-state index contributed by atoms with van der Waals surface area (Å²) in [6.07, 6.45) is 4.78. The standard InChI is InChI=1S/C19H31NO4/c1-2-3-8-23-9-10-24-18-7-5-15-11-17(6-4-16(15)12-18)19(20,13-21)14-22/h5,7,12,17,21-22H,2-4,6,8-11,13-14,20H2,1H3/t17-/m1/s1. The lowest BCUT2D eigenvalue weighted by atomic mass is 9.73. The molecule has 0 aromatic heterocycles. The van der Waals surface area contributed by atoms with Gasteiger partial charge in [0, 0.05) is 6.61 Å². The molecule has 0 aliphatic heterocycles. The minimum Gasteiger partial charge on any atom is -0.491 e. The van der Waals surface area contributed by atoms with Gasteiger partial charge in [-0.15, -0.1) is 0 Å². The molecule has 1 aromatic rings. The van der Waals surface area contributed by atoms with E-state index in [-0.39, 0.29) is 19.1 Å². The number of hydrogen-bond donors (Lipinski definition) is 3. The molecule has 0 bridgehead atoms. The van der Waals surface area contributed by atoms with Crippen molar-refractivity contribution in [3.63, 3.8) is 0 Å². The van der Waals surface area contributed by atoms with Gasteiger partial charge in [-0.25, -0.2) is 0 Å². The summed E-state index contributed by atoms with van der Waals surface area (Å²) < 4.78 is 11.3. The fourth-order valence-corrected chi connectivity index (χ4v) is 3.19. The van der Waals surface area contributed by atoms with Crippen LogP contribution in [-0.4, -0.2) is 48.8 Å². The third-order valence-corrected chi connectivity index (χ3v) is 4.95. The van der Waals surface area contributed by atoms with E-state index in [4.69, 9.17) is 15.2 Å². The van der Waals surface area contributed by atoms with Gasteiger partial charge >= 0.3 is 0 Å². The molecule has 2 rings (SSSR count). The molecule has 0 unspecified atom stereocenters. The van der Waals surface area contributed by atoms with E-state index in [1.807, 2.05) is 6.07 Å². The van der Waals surface area contributed by atoms with Crippen LogP contribution in [-0.2, 0) is 17.6 Å². The number of benzene rings is 1. The first-order valence-corrected chi connectivity index (χ1v) is 8.96. The van der Waals surface area contributed by atoms with Crippen LogP contribution in [0.1, 0.15) is 37.3 Å². The van der Waals surface area contributed by atoms with Crippen LogP contribution in [0.15, 0.2) is 18.2 Å². The Kier molecular flexibility index (Phi) is 7.49. The van der Waals surface area contributed by atoms with E-state index in [0.29, 0.717) is 13.2 Å². The molecular formula is C19H31NO4. The number of aryl methyl sites for hydroxylation is 1. The van der Waals surface area contributed by atoms with Crippen molar-refractivity contribution in [1.29, 1.82) is 0 Å². The van der Waals surface area contributed by atoms with Gasteiger partial charge in [-0.2, -0.15) is 0 Å². The van der Waals surface area contributed by atoms with Crippen molar-refractivity contribution >= 4 is 0 Å². The van der Waals surface area contributed by atoms with Gasteiger partial charge in [0.25, 0.3) is 0 Å². The molecule has 1 atom stereocenters. The molecule has 0 spiro atoms. The molecular weight excluding hydrogens is 306 g/mol. The quantitative estimate of drug-likeness (QED) is 0.566. The van der Waals surface area contributed by atoms with Crippen LogP contribution in [0.25, 0.3) is 0 Å². The van der Waals surface area contributed by atoms with Gasteiger partial charge < -0.3 is 25.4 Å². The summed E-state index contributed by atoms with van der Waals surface area (Å²) in [5, 5.41) is 19.0. The van der Waals surface area contributed by atoms with Crippen molar-refractivity contribution in [1.82, 2.24) is 0 Å². The van der Waals surface area contributed by atoms with E-state index in [9.17, 15) is 10.2 Å². The van der Waals surface area contributed by atoms with E-state index >= 15 is 0 Å². The minimum absolute atomic E-state index is 0.0961. The Morgan fingerprint density at radius 3 is 2.67 bits per heavy atom. The van der Waals surface area contributed by atoms with E-state index in [1.165, 1.54) is 11.1 Å². The second-order valence-electron chi connectivity index (χ2n) is 6.73. The number of nitrogens with two attached hydrogens (primary N) is 1. The smallest absolute Gasteiger partial charge is 0.119 e. The predicted molar refractivity (Wildman–Crippen MR) is 94.3 cm³/mol. The molecule has 1 aliphatic carbocycles. The van der Waals surface area contributed by atoms with Crippen molar-refractivity contribution < 1.29 is 19.7 Å². The zero-order valence-corrected chi connectivity index (χ0v) is 14.7. The zero-order valence-electron chi connectivity index (χ0n) is 14.7. The van der Waals surface area contributed by atoms with Gasteiger partial charge in [0.05, 0.1) is 25.4 Å². The van der Waals surface area contributed by atoms with Crippen LogP contribution in [0.3, 0.4) is 0 Å². The molecule has 5 heteroatoms. The summed E-state index contributed by atoms with van der Waals surface area (Å²) in [7, 11) is 0. The summed E-state index contributed by atoms with van der Waals surface area (Å²) in [4.78, 5) is 0. The number of ether oxygens (including phenoxy) is 2. The topological polar surface area (TPSA) is 84.9 Å². The van der Waals surface area contributed by atoms with E-state index in [1.54, 1.807) is 0 Å². The Bertz CT molecular complexity index is 502. The van der Waals surface area contributed by atoms with Crippen LogP contribution in [0, 0.1) is 5.92 Å². The van der Waals surface area contributed by atoms with Crippen LogP contribution in [0.2, 0.25) is 0 Å². The van der Waals surface area contributed by atoms with Gasteiger partial charge in [-0.1, -0.05) is 19.4 Å². The summed E-state index contributed by atoms with van der Waals surface area (Å²) in [5.74, 6) is 0.966. The largest absolute Gasteiger partial charge is 0.491 e. The lowest BCUT2D eigenvalue weighted by Gasteiger charge is -2.37. The van der Waals surface area contributed by atoms with Crippen LogP contribution in [0.5, 0.6) is 5.75 Å². The third kappa shape index (κ3) is 4.93. The second-order valence-corrected chi connectivity index (χ2v) is 6.73. The van der Waals surface area contributed by atoms with Gasteiger partial charge in [-0.3, -0.25) is 0 Å². The van der Waals surface area contributed by atoms with Gasteiger partial charge in [-0.05, 0) is 54.9 Å². The number of aliphatic hydroxyl groups is 2. The predicted octanol–water partition coefficient (Wildman–Crippen LogP) is 1.67. The highest BCUT2D eigenvalue weighted by Crippen LogP contribution is 2.33. The first-order valence-electron chi connectivity index (χ1n) is 8.96. The molecule has 0 heterocycles. The fraction of sp³-hybridized carbons (Fsp3) is 0.684. The molecule has 1 aliphatic rings. The van der Waals surface area contributed by atoms with Crippen molar-refractivity contribution in [3.05, 3.63) is 29.3 Å². The summed E-state index contributed by atoms with van der Waals surface area (Å²) in [6, 6.07) is 6.14. The molecule has 24 heavy (non-hydrogen) atoms. The average molecular weight is 337 g/mol. The molecule has 0 saturated carbocycles. The number of unbranched alkanes of at least 4 members (excludes halogenated alkanes) is 1. The van der Waals surface area contributed by atoms with Crippen LogP contribution >= 0.6 is 0 Å². The maximum Gasteiger partial charge on any atom is 0.119 e. The van der Waals surface area contributed by atoms with Crippen molar-refractivity contribution in [2.24, 2.45) is 11.7 Å². The monoisotopic (exact) mass is 337 g/mol. The summed E-state index contributed by atoms with van der Waals surface area (Å²) in [5.41, 5.74) is 7.74. The highest BCUT2D eigenvalue weighted by molar-refractivity contribution is 5.38. The molecule has 4 N–H and O–H groups in total. The number of aliphatic hydroxyl groups excluding tert-OH is 2.